The first-order chi connectivity index (χ1) is 14.9. The summed E-state index contributed by atoms with van der Waals surface area (Å²) in [5.41, 5.74) is 3.53. The van der Waals surface area contributed by atoms with Crippen molar-refractivity contribution in [2.24, 2.45) is 5.92 Å². The molecule has 5 rings (SSSR count). The van der Waals surface area contributed by atoms with Crippen LogP contribution in [0.3, 0.4) is 0 Å². The minimum atomic E-state index is -3.77. The summed E-state index contributed by atoms with van der Waals surface area (Å²) in [4.78, 5) is 18.6. The zero-order valence-electron chi connectivity index (χ0n) is 17.0. The van der Waals surface area contributed by atoms with E-state index in [2.05, 4.69) is 14.9 Å². The number of nitrogens with zero attached hydrogens (tertiary/aromatic N) is 3. The van der Waals surface area contributed by atoms with Crippen LogP contribution in [0, 0.1) is 12.8 Å². The normalized spacial score (nSPS) is 15.8. The Kier molecular flexibility index (Phi) is 4.86. The molecular formula is C22H22N4O4S. The summed E-state index contributed by atoms with van der Waals surface area (Å²) in [6.45, 7) is 2.44. The molecule has 3 aromatic rings. The van der Waals surface area contributed by atoms with Crippen LogP contribution < -0.4 is 9.62 Å². The Bertz CT molecular complexity index is 1260. The van der Waals surface area contributed by atoms with E-state index in [1.165, 1.54) is 6.07 Å². The first-order valence-electron chi connectivity index (χ1n) is 10.2. The average molecular weight is 439 g/mol. The molecule has 1 N–H and O–H groups in total. The molecule has 2 aliphatic rings. The molecule has 0 unspecified atom stereocenters. The number of aromatic nitrogens is 2. The molecule has 1 amide bonds. The average Bonchev–Trinajstić information content (AvgIpc) is 3.36. The second-order valence-corrected chi connectivity index (χ2v) is 9.72. The summed E-state index contributed by atoms with van der Waals surface area (Å²) in [6, 6.07) is 12.5. The van der Waals surface area contributed by atoms with E-state index in [9.17, 15) is 13.2 Å². The van der Waals surface area contributed by atoms with E-state index in [4.69, 9.17) is 4.52 Å². The SMILES string of the molecule is Cc1ccccc1-c1noc(CNS(=O)(=O)c2ccc3c(c2)CCN3C(=O)C2CC2)n1. The maximum absolute atomic E-state index is 12.8. The van der Waals surface area contributed by atoms with Crippen molar-refractivity contribution in [1.82, 2.24) is 14.9 Å². The van der Waals surface area contributed by atoms with Gasteiger partial charge in [-0.05, 0) is 55.5 Å². The highest BCUT2D eigenvalue weighted by molar-refractivity contribution is 7.89. The number of rotatable bonds is 6. The second kappa shape index (κ2) is 7.58. The number of anilines is 1. The number of carbonyl (C=O) groups excluding carboxylic acids is 1. The maximum atomic E-state index is 12.8. The monoisotopic (exact) mass is 438 g/mol. The lowest BCUT2D eigenvalue weighted by Crippen LogP contribution is -2.30. The van der Waals surface area contributed by atoms with E-state index < -0.39 is 10.0 Å². The highest BCUT2D eigenvalue weighted by Crippen LogP contribution is 2.37. The molecule has 1 aliphatic carbocycles. The largest absolute Gasteiger partial charge is 0.338 e. The second-order valence-electron chi connectivity index (χ2n) is 7.96. The Morgan fingerprint density at radius 2 is 2.03 bits per heavy atom. The van der Waals surface area contributed by atoms with E-state index in [0.717, 1.165) is 35.2 Å². The topological polar surface area (TPSA) is 105 Å². The zero-order chi connectivity index (χ0) is 21.6. The number of fused-ring (bicyclic) bond motifs is 1. The van der Waals surface area contributed by atoms with Gasteiger partial charge in [0.1, 0.15) is 0 Å². The number of carbonyl (C=O) groups is 1. The smallest absolute Gasteiger partial charge is 0.242 e. The van der Waals surface area contributed by atoms with Gasteiger partial charge >= 0.3 is 0 Å². The van der Waals surface area contributed by atoms with E-state index in [0.29, 0.717) is 18.8 Å². The van der Waals surface area contributed by atoms with Crippen LogP contribution in [0.1, 0.15) is 29.9 Å². The van der Waals surface area contributed by atoms with Gasteiger partial charge < -0.3 is 9.42 Å². The van der Waals surface area contributed by atoms with Crippen LogP contribution in [-0.2, 0) is 27.8 Å². The molecule has 0 atom stereocenters. The summed E-state index contributed by atoms with van der Waals surface area (Å²) >= 11 is 0. The lowest BCUT2D eigenvalue weighted by molar-refractivity contribution is -0.119. The highest BCUT2D eigenvalue weighted by atomic mass is 32.2. The Balaban J connectivity index is 1.30. The van der Waals surface area contributed by atoms with Crippen molar-refractivity contribution in [3.8, 4) is 11.4 Å². The Morgan fingerprint density at radius 1 is 1.23 bits per heavy atom. The van der Waals surface area contributed by atoms with Gasteiger partial charge in [-0.15, -0.1) is 0 Å². The van der Waals surface area contributed by atoms with Gasteiger partial charge in [0, 0.05) is 23.7 Å². The van der Waals surface area contributed by atoms with Gasteiger partial charge in [-0.3, -0.25) is 4.79 Å². The third-order valence-electron chi connectivity index (χ3n) is 5.72. The summed E-state index contributed by atoms with van der Waals surface area (Å²) in [5, 5.41) is 3.95. The molecule has 0 saturated heterocycles. The molecular weight excluding hydrogens is 416 g/mol. The maximum Gasteiger partial charge on any atom is 0.242 e. The Morgan fingerprint density at radius 3 is 2.81 bits per heavy atom. The standard InChI is InChI=1S/C22H22N4O4S/c1-14-4-2-3-5-18(14)21-24-20(30-25-21)13-23-31(28,29)17-8-9-19-16(12-17)10-11-26(19)22(27)15-6-7-15/h2-5,8-9,12,15,23H,6-7,10-11,13H2,1H3. The number of aryl methyl sites for hydroxylation is 1. The van der Waals surface area contributed by atoms with Crippen LogP contribution in [-0.4, -0.2) is 31.0 Å². The van der Waals surface area contributed by atoms with Crippen molar-refractivity contribution in [3.63, 3.8) is 0 Å². The summed E-state index contributed by atoms with van der Waals surface area (Å²) in [6.07, 6.45) is 2.55. The molecule has 2 heterocycles. The Labute approximate surface area is 180 Å². The van der Waals surface area contributed by atoms with Crippen molar-refractivity contribution in [1.29, 1.82) is 0 Å². The van der Waals surface area contributed by atoms with Crippen molar-refractivity contribution >= 4 is 21.6 Å². The number of hydrogen-bond donors (Lipinski definition) is 1. The van der Waals surface area contributed by atoms with Crippen LogP contribution in [0.4, 0.5) is 5.69 Å². The molecule has 1 aliphatic heterocycles. The van der Waals surface area contributed by atoms with Crippen molar-refractivity contribution in [3.05, 3.63) is 59.5 Å². The van der Waals surface area contributed by atoms with Crippen LogP contribution in [0.15, 0.2) is 51.9 Å². The number of sulfonamides is 1. The molecule has 31 heavy (non-hydrogen) atoms. The first-order valence-corrected chi connectivity index (χ1v) is 11.7. The van der Waals surface area contributed by atoms with Crippen LogP contribution in [0.5, 0.6) is 0 Å². The molecule has 0 radical (unpaired) electrons. The summed E-state index contributed by atoms with van der Waals surface area (Å²) < 4.78 is 33.3. The molecule has 0 spiro atoms. The number of nitrogens with one attached hydrogen (secondary N) is 1. The van der Waals surface area contributed by atoms with E-state index >= 15 is 0 Å². The van der Waals surface area contributed by atoms with E-state index in [1.54, 1.807) is 17.0 Å². The van der Waals surface area contributed by atoms with Gasteiger partial charge in [0.2, 0.25) is 27.6 Å². The zero-order valence-corrected chi connectivity index (χ0v) is 17.9. The number of hydrogen-bond acceptors (Lipinski definition) is 6. The third kappa shape index (κ3) is 3.86. The lowest BCUT2D eigenvalue weighted by Gasteiger charge is -2.17. The molecule has 1 aromatic heterocycles. The van der Waals surface area contributed by atoms with Gasteiger partial charge in [0.05, 0.1) is 11.4 Å². The van der Waals surface area contributed by atoms with E-state index in [1.807, 2.05) is 31.2 Å². The van der Waals surface area contributed by atoms with Gasteiger partial charge in [-0.2, -0.15) is 4.98 Å². The minimum Gasteiger partial charge on any atom is -0.338 e. The van der Waals surface area contributed by atoms with Gasteiger partial charge in [0.25, 0.3) is 0 Å². The summed E-state index contributed by atoms with van der Waals surface area (Å²) in [5.74, 6) is 0.887. The molecule has 0 bridgehead atoms. The molecule has 8 nitrogen and oxygen atoms in total. The fourth-order valence-corrected chi connectivity index (χ4v) is 4.85. The fraction of sp³-hybridized carbons (Fsp3) is 0.318. The predicted molar refractivity (Wildman–Crippen MR) is 114 cm³/mol. The fourth-order valence-electron chi connectivity index (χ4n) is 3.82. The quantitative estimate of drug-likeness (QED) is 0.634. The lowest BCUT2D eigenvalue weighted by atomic mass is 10.1. The van der Waals surface area contributed by atoms with Gasteiger partial charge in [0.15, 0.2) is 0 Å². The number of amides is 1. The Hall–Kier alpha value is -3.04. The molecule has 1 fully saturated rings. The van der Waals surface area contributed by atoms with Crippen LogP contribution >= 0.6 is 0 Å². The predicted octanol–water partition coefficient (Wildman–Crippen LogP) is 2.82. The van der Waals surface area contributed by atoms with Crippen LogP contribution in [0.2, 0.25) is 0 Å². The first kappa shape index (κ1) is 19.9. The highest BCUT2D eigenvalue weighted by Gasteiger charge is 2.36. The molecule has 1 saturated carbocycles. The molecule has 160 valence electrons. The van der Waals surface area contributed by atoms with Crippen LogP contribution in [0.25, 0.3) is 11.4 Å². The summed E-state index contributed by atoms with van der Waals surface area (Å²) in [7, 11) is -3.77. The van der Waals surface area contributed by atoms with Gasteiger partial charge in [-0.1, -0.05) is 29.4 Å². The van der Waals surface area contributed by atoms with Crippen molar-refractivity contribution in [2.75, 3.05) is 11.4 Å². The van der Waals surface area contributed by atoms with Gasteiger partial charge in [-0.25, -0.2) is 13.1 Å². The number of benzene rings is 2. The molecule has 9 heteroatoms. The third-order valence-corrected chi connectivity index (χ3v) is 7.12. The van der Waals surface area contributed by atoms with Crippen molar-refractivity contribution in [2.45, 2.75) is 37.6 Å². The van der Waals surface area contributed by atoms with Crippen molar-refractivity contribution < 1.29 is 17.7 Å². The molecule has 2 aromatic carbocycles. The minimum absolute atomic E-state index is 0.107. The van der Waals surface area contributed by atoms with E-state index in [-0.39, 0.29) is 29.2 Å².